The van der Waals surface area contributed by atoms with Crippen LogP contribution >= 0.6 is 0 Å². The van der Waals surface area contributed by atoms with Gasteiger partial charge in [-0.1, -0.05) is 51.4 Å². The van der Waals surface area contributed by atoms with Crippen LogP contribution in [0.3, 0.4) is 0 Å². The normalized spacial score (nSPS) is 12.0. The lowest BCUT2D eigenvalue weighted by Crippen LogP contribution is -2.40. The molecule has 2 N–H and O–H groups in total. The van der Waals surface area contributed by atoms with Crippen LogP contribution in [0.15, 0.2) is 0 Å². The van der Waals surface area contributed by atoms with E-state index in [0.717, 1.165) is 32.4 Å². The summed E-state index contributed by atoms with van der Waals surface area (Å²) in [5, 5.41) is 12.3. The van der Waals surface area contributed by atoms with Crippen LogP contribution in [0.5, 0.6) is 0 Å². The van der Waals surface area contributed by atoms with Crippen molar-refractivity contribution in [3.8, 4) is 0 Å². The number of hydrogen-bond acceptors (Lipinski definition) is 4. The molecule has 6 heteroatoms. The SMILES string of the molecule is CC(=O)CCCCCCCCCCCCNCCCN(C(C)=O)C(C)CC(=O)O. The van der Waals surface area contributed by atoms with E-state index in [-0.39, 0.29) is 18.4 Å². The number of amides is 1. The predicted octanol–water partition coefficient (Wildman–Crippen LogP) is 4.56. The van der Waals surface area contributed by atoms with Crippen LogP contribution in [0, 0.1) is 0 Å². The maximum Gasteiger partial charge on any atom is 0.305 e. The Morgan fingerprint density at radius 1 is 0.793 bits per heavy atom. The molecule has 0 radical (unpaired) electrons. The molecule has 0 bridgehead atoms. The molecule has 0 aromatic carbocycles. The van der Waals surface area contributed by atoms with Crippen LogP contribution in [0.25, 0.3) is 0 Å². The Hall–Kier alpha value is -1.43. The van der Waals surface area contributed by atoms with E-state index in [4.69, 9.17) is 5.11 Å². The van der Waals surface area contributed by atoms with Crippen LogP contribution < -0.4 is 5.32 Å². The zero-order chi connectivity index (χ0) is 21.9. The van der Waals surface area contributed by atoms with Crippen LogP contribution in [0.4, 0.5) is 0 Å². The second-order valence-electron chi connectivity index (χ2n) is 8.25. The average molecular weight is 413 g/mol. The molecule has 0 rings (SSSR count). The van der Waals surface area contributed by atoms with Gasteiger partial charge in [-0.05, 0) is 46.2 Å². The lowest BCUT2D eigenvalue weighted by Gasteiger charge is -2.27. The highest BCUT2D eigenvalue weighted by atomic mass is 16.4. The van der Waals surface area contributed by atoms with Crippen LogP contribution in [-0.4, -0.2) is 53.3 Å². The molecule has 0 spiro atoms. The molecule has 0 aliphatic rings. The molecule has 1 atom stereocenters. The molecule has 0 aromatic rings. The van der Waals surface area contributed by atoms with Crippen LogP contribution in [0.1, 0.15) is 104 Å². The van der Waals surface area contributed by atoms with Gasteiger partial charge < -0.3 is 20.1 Å². The predicted molar refractivity (Wildman–Crippen MR) is 118 cm³/mol. The first-order valence-electron chi connectivity index (χ1n) is 11.5. The first-order valence-corrected chi connectivity index (χ1v) is 11.5. The lowest BCUT2D eigenvalue weighted by atomic mass is 10.1. The highest BCUT2D eigenvalue weighted by molar-refractivity contribution is 5.75. The van der Waals surface area contributed by atoms with Crippen molar-refractivity contribution in [3.05, 3.63) is 0 Å². The first-order chi connectivity index (χ1) is 13.8. The molecular formula is C23H44N2O4. The van der Waals surface area contributed by atoms with E-state index in [1.807, 2.05) is 0 Å². The van der Waals surface area contributed by atoms with E-state index in [2.05, 4.69) is 5.32 Å². The van der Waals surface area contributed by atoms with E-state index in [1.54, 1.807) is 18.7 Å². The van der Waals surface area contributed by atoms with E-state index >= 15 is 0 Å². The Morgan fingerprint density at radius 3 is 1.76 bits per heavy atom. The number of rotatable bonds is 20. The van der Waals surface area contributed by atoms with Gasteiger partial charge in [-0.3, -0.25) is 9.59 Å². The minimum Gasteiger partial charge on any atom is -0.481 e. The zero-order valence-electron chi connectivity index (χ0n) is 19.0. The van der Waals surface area contributed by atoms with Crippen molar-refractivity contribution in [3.63, 3.8) is 0 Å². The van der Waals surface area contributed by atoms with Crippen molar-refractivity contribution >= 4 is 17.7 Å². The summed E-state index contributed by atoms with van der Waals surface area (Å²) in [4.78, 5) is 35.0. The fourth-order valence-corrected chi connectivity index (χ4v) is 3.59. The molecule has 0 saturated carbocycles. The van der Waals surface area contributed by atoms with Gasteiger partial charge in [0, 0.05) is 25.9 Å². The molecule has 1 unspecified atom stereocenters. The Bertz CT molecular complexity index is 454. The molecule has 29 heavy (non-hydrogen) atoms. The number of aliphatic carboxylic acids is 1. The van der Waals surface area contributed by atoms with Gasteiger partial charge in [0.2, 0.25) is 5.91 Å². The molecule has 0 fully saturated rings. The van der Waals surface area contributed by atoms with Crippen molar-refractivity contribution in [1.82, 2.24) is 10.2 Å². The molecule has 170 valence electrons. The largest absolute Gasteiger partial charge is 0.481 e. The number of ketones is 1. The minimum atomic E-state index is -0.869. The van der Waals surface area contributed by atoms with Gasteiger partial charge in [0.15, 0.2) is 0 Å². The molecule has 1 amide bonds. The summed E-state index contributed by atoms with van der Waals surface area (Å²) in [5.74, 6) is -0.621. The van der Waals surface area contributed by atoms with E-state index < -0.39 is 5.97 Å². The van der Waals surface area contributed by atoms with E-state index in [1.165, 1.54) is 64.7 Å². The summed E-state index contributed by atoms with van der Waals surface area (Å²) in [6.07, 6.45) is 14.0. The number of nitrogens with zero attached hydrogens (tertiary/aromatic N) is 1. The third kappa shape index (κ3) is 18.3. The molecule has 0 aliphatic carbocycles. The van der Waals surface area contributed by atoms with Crippen molar-refractivity contribution < 1.29 is 19.5 Å². The summed E-state index contributed by atoms with van der Waals surface area (Å²) in [6, 6.07) is -0.259. The number of carboxylic acids is 1. The summed E-state index contributed by atoms with van der Waals surface area (Å²) >= 11 is 0. The molecular weight excluding hydrogens is 368 g/mol. The van der Waals surface area contributed by atoms with Gasteiger partial charge in [-0.15, -0.1) is 0 Å². The number of carboxylic acid groups (broad SMARTS) is 1. The molecule has 0 heterocycles. The van der Waals surface area contributed by atoms with Gasteiger partial charge >= 0.3 is 5.97 Å². The Kier molecular flexibility index (Phi) is 17.7. The summed E-state index contributed by atoms with van der Waals surface area (Å²) in [7, 11) is 0. The molecule has 0 saturated heterocycles. The van der Waals surface area contributed by atoms with Gasteiger partial charge in [0.1, 0.15) is 5.78 Å². The Morgan fingerprint density at radius 2 is 1.28 bits per heavy atom. The Balaban J connectivity index is 3.43. The van der Waals surface area contributed by atoms with Crippen molar-refractivity contribution in [2.75, 3.05) is 19.6 Å². The highest BCUT2D eigenvalue weighted by Gasteiger charge is 2.18. The number of hydrogen-bond donors (Lipinski definition) is 2. The number of Topliss-reactive ketones (excluding diaryl/α,β-unsaturated/α-hetero) is 1. The minimum absolute atomic E-state index is 0.00707. The maximum absolute atomic E-state index is 11.7. The van der Waals surface area contributed by atoms with Crippen molar-refractivity contribution in [1.29, 1.82) is 0 Å². The number of carbonyl (C=O) groups excluding carboxylic acids is 2. The third-order valence-corrected chi connectivity index (χ3v) is 5.29. The fourth-order valence-electron chi connectivity index (χ4n) is 3.59. The summed E-state index contributed by atoms with van der Waals surface area (Å²) in [6.45, 7) is 7.42. The molecule has 0 aromatic heterocycles. The monoisotopic (exact) mass is 412 g/mol. The second-order valence-corrected chi connectivity index (χ2v) is 8.25. The van der Waals surface area contributed by atoms with E-state index in [9.17, 15) is 14.4 Å². The zero-order valence-corrected chi connectivity index (χ0v) is 19.0. The van der Waals surface area contributed by atoms with Crippen LogP contribution in [0.2, 0.25) is 0 Å². The van der Waals surface area contributed by atoms with Gasteiger partial charge in [-0.2, -0.15) is 0 Å². The third-order valence-electron chi connectivity index (χ3n) is 5.29. The van der Waals surface area contributed by atoms with E-state index in [0.29, 0.717) is 12.3 Å². The highest BCUT2D eigenvalue weighted by Crippen LogP contribution is 2.11. The van der Waals surface area contributed by atoms with Gasteiger partial charge in [0.05, 0.1) is 6.42 Å². The fraction of sp³-hybridized carbons (Fsp3) is 0.870. The number of carbonyl (C=O) groups is 3. The van der Waals surface area contributed by atoms with Crippen molar-refractivity contribution in [2.24, 2.45) is 0 Å². The first kappa shape index (κ1) is 27.6. The second kappa shape index (κ2) is 18.6. The summed E-state index contributed by atoms with van der Waals surface area (Å²) in [5.41, 5.74) is 0. The molecule has 0 aliphatic heterocycles. The summed E-state index contributed by atoms with van der Waals surface area (Å²) < 4.78 is 0. The Labute approximate surface area is 177 Å². The average Bonchev–Trinajstić information content (AvgIpc) is 2.63. The number of unbranched alkanes of at least 4 members (excludes halogenated alkanes) is 9. The standard InChI is InChI=1S/C23H44N2O4/c1-20(19-23(28)29)25(22(3)27)18-14-17-24-16-13-11-9-7-5-4-6-8-10-12-15-21(2)26/h20,24H,4-19H2,1-3H3,(H,28,29). The number of nitrogens with one attached hydrogen (secondary N) is 1. The maximum atomic E-state index is 11.7. The van der Waals surface area contributed by atoms with Crippen LogP contribution in [-0.2, 0) is 14.4 Å². The van der Waals surface area contributed by atoms with Gasteiger partial charge in [0.25, 0.3) is 0 Å². The topological polar surface area (TPSA) is 86.7 Å². The van der Waals surface area contributed by atoms with Crippen molar-refractivity contribution in [2.45, 2.75) is 110 Å². The molecule has 6 nitrogen and oxygen atoms in total. The smallest absolute Gasteiger partial charge is 0.305 e. The quantitative estimate of drug-likeness (QED) is 0.286. The van der Waals surface area contributed by atoms with Gasteiger partial charge in [-0.25, -0.2) is 0 Å². The lowest BCUT2D eigenvalue weighted by molar-refractivity contribution is -0.140.